The minimum Gasteiger partial charge on any atom is -0.459 e. The van der Waals surface area contributed by atoms with Crippen molar-refractivity contribution >= 4 is 45.9 Å². The van der Waals surface area contributed by atoms with Crippen molar-refractivity contribution in [1.29, 1.82) is 0 Å². The average Bonchev–Trinajstić information content (AvgIpc) is 3.66. The first-order chi connectivity index (χ1) is 17.6. The highest BCUT2D eigenvalue weighted by molar-refractivity contribution is 7.27. The Kier molecular flexibility index (Phi) is 7.56. The van der Waals surface area contributed by atoms with E-state index in [1.807, 2.05) is 52.0 Å². The van der Waals surface area contributed by atoms with Gasteiger partial charge in [0.25, 0.3) is 0 Å². The molecule has 2 saturated heterocycles. The maximum absolute atomic E-state index is 12.5. The number of ether oxygens (including phenoxy) is 6. The molecular formula is C26H28O8S3. The number of hydrogen-bond donors (Lipinski definition) is 0. The fourth-order valence-electron chi connectivity index (χ4n) is 3.93. The fourth-order valence-corrected chi connectivity index (χ4v) is 6.92. The van der Waals surface area contributed by atoms with Crippen molar-refractivity contribution in [2.45, 2.75) is 51.5 Å². The van der Waals surface area contributed by atoms with Crippen LogP contribution in [0.15, 0.2) is 36.4 Å². The van der Waals surface area contributed by atoms with Gasteiger partial charge in [0.15, 0.2) is 11.6 Å². The van der Waals surface area contributed by atoms with E-state index < -0.39 is 11.6 Å². The summed E-state index contributed by atoms with van der Waals surface area (Å²) in [4.78, 5) is 30.1. The zero-order chi connectivity index (χ0) is 26.2. The van der Waals surface area contributed by atoms with Crippen molar-refractivity contribution in [2.24, 2.45) is 0 Å². The van der Waals surface area contributed by atoms with E-state index in [4.69, 9.17) is 28.4 Å². The van der Waals surface area contributed by atoms with Crippen LogP contribution in [-0.2, 0) is 28.4 Å². The Hall–Kier alpha value is -2.12. The molecule has 2 atom stereocenters. The molecule has 2 fully saturated rings. The van der Waals surface area contributed by atoms with Gasteiger partial charge >= 0.3 is 11.9 Å². The quantitative estimate of drug-likeness (QED) is 0.316. The first kappa shape index (κ1) is 26.5. The number of thiophene rings is 3. The number of carbonyl (C=O) groups is 2. The Labute approximate surface area is 227 Å². The van der Waals surface area contributed by atoms with Crippen LogP contribution in [0.5, 0.6) is 0 Å². The van der Waals surface area contributed by atoms with Gasteiger partial charge in [-0.1, -0.05) is 0 Å². The molecule has 0 bridgehead atoms. The number of esters is 2. The van der Waals surface area contributed by atoms with E-state index in [0.717, 1.165) is 19.5 Å². The van der Waals surface area contributed by atoms with Gasteiger partial charge in [-0.15, -0.1) is 34.0 Å². The Morgan fingerprint density at radius 2 is 1.08 bits per heavy atom. The van der Waals surface area contributed by atoms with Gasteiger partial charge in [-0.3, -0.25) is 0 Å². The molecule has 0 aliphatic carbocycles. The molecule has 8 nitrogen and oxygen atoms in total. The van der Waals surface area contributed by atoms with Crippen LogP contribution in [0, 0.1) is 0 Å². The third-order valence-corrected chi connectivity index (χ3v) is 9.25. The molecule has 0 N–H and O–H groups in total. The van der Waals surface area contributed by atoms with Crippen molar-refractivity contribution in [3.05, 3.63) is 46.2 Å². The Bertz CT molecular complexity index is 1180. The molecule has 2 aliphatic rings. The number of hydrogen-bond acceptors (Lipinski definition) is 11. The van der Waals surface area contributed by atoms with Crippen LogP contribution in [0.4, 0.5) is 0 Å². The number of rotatable bonds is 8. The van der Waals surface area contributed by atoms with E-state index in [1.54, 1.807) is 23.5 Å². The molecule has 0 aromatic carbocycles. The van der Waals surface area contributed by atoms with Gasteiger partial charge in [-0.25, -0.2) is 9.59 Å². The SMILES string of the molecule is CC1(C)OC[C@H](COC(=O)c2ccc(-c3ccc(-c4ccc(C(=O)OC[C@H]5COC(C)(C)O5)s4)s3)s2)O1. The van der Waals surface area contributed by atoms with Crippen LogP contribution in [0.1, 0.15) is 47.0 Å². The first-order valence-electron chi connectivity index (χ1n) is 11.8. The summed E-state index contributed by atoms with van der Waals surface area (Å²) in [6.07, 6.45) is -0.521. The third kappa shape index (κ3) is 6.48. The molecule has 3 aromatic rings. The molecule has 2 aliphatic heterocycles. The monoisotopic (exact) mass is 564 g/mol. The van der Waals surface area contributed by atoms with Crippen LogP contribution < -0.4 is 0 Å². The Balaban J connectivity index is 1.16. The van der Waals surface area contributed by atoms with Crippen LogP contribution >= 0.6 is 34.0 Å². The largest absolute Gasteiger partial charge is 0.459 e. The second-order valence-corrected chi connectivity index (χ2v) is 12.8. The summed E-state index contributed by atoms with van der Waals surface area (Å²) >= 11 is 4.37. The van der Waals surface area contributed by atoms with E-state index in [9.17, 15) is 9.59 Å². The molecule has 11 heteroatoms. The topological polar surface area (TPSA) is 89.5 Å². The van der Waals surface area contributed by atoms with Crippen LogP contribution in [0.3, 0.4) is 0 Å². The zero-order valence-electron chi connectivity index (χ0n) is 20.9. The molecule has 3 aromatic heterocycles. The molecule has 5 heterocycles. The van der Waals surface area contributed by atoms with Crippen molar-refractivity contribution in [2.75, 3.05) is 26.4 Å². The predicted molar refractivity (Wildman–Crippen MR) is 141 cm³/mol. The lowest BCUT2D eigenvalue weighted by molar-refractivity contribution is -0.143. The van der Waals surface area contributed by atoms with Crippen molar-refractivity contribution < 1.29 is 38.0 Å². The fraction of sp³-hybridized carbons (Fsp3) is 0.462. The summed E-state index contributed by atoms with van der Waals surface area (Å²) < 4.78 is 33.2. The summed E-state index contributed by atoms with van der Waals surface area (Å²) in [6, 6.07) is 11.4. The minimum atomic E-state index is -0.648. The maximum Gasteiger partial charge on any atom is 0.348 e. The van der Waals surface area contributed by atoms with E-state index in [1.165, 1.54) is 22.7 Å². The van der Waals surface area contributed by atoms with Gasteiger partial charge in [-0.05, 0) is 64.1 Å². The van der Waals surface area contributed by atoms with E-state index in [-0.39, 0.29) is 37.4 Å². The second-order valence-electron chi connectivity index (χ2n) is 9.59. The van der Waals surface area contributed by atoms with Gasteiger partial charge < -0.3 is 28.4 Å². The summed E-state index contributed by atoms with van der Waals surface area (Å²) in [7, 11) is 0. The van der Waals surface area contributed by atoms with Gasteiger partial charge in [0.1, 0.15) is 35.2 Å². The highest BCUT2D eigenvalue weighted by atomic mass is 32.1. The molecular weight excluding hydrogens is 536 g/mol. The first-order valence-corrected chi connectivity index (χ1v) is 14.3. The summed E-state index contributed by atoms with van der Waals surface area (Å²) in [6.45, 7) is 8.45. The predicted octanol–water partition coefficient (Wildman–Crippen LogP) is 5.82. The van der Waals surface area contributed by atoms with E-state index >= 15 is 0 Å². The van der Waals surface area contributed by atoms with Crippen molar-refractivity contribution in [3.63, 3.8) is 0 Å². The maximum atomic E-state index is 12.5. The summed E-state index contributed by atoms with van der Waals surface area (Å²) in [5, 5.41) is 0. The number of carbonyl (C=O) groups excluding carboxylic acids is 2. The van der Waals surface area contributed by atoms with Gasteiger partial charge in [0, 0.05) is 19.5 Å². The smallest absolute Gasteiger partial charge is 0.348 e. The second kappa shape index (κ2) is 10.6. The van der Waals surface area contributed by atoms with Crippen LogP contribution in [0.2, 0.25) is 0 Å². The molecule has 0 spiro atoms. The standard InChI is InChI=1S/C26H28O8S3/c1-25(2)31-13-15(33-25)11-29-23(27)21-9-7-19(36-21)17-5-6-18(35-17)20-8-10-22(37-20)24(28)30-12-16-14-32-26(3,4)34-16/h5-10,15-16H,11-14H2,1-4H3/t15-,16-/m0/s1. The van der Waals surface area contributed by atoms with Gasteiger partial charge in [0.2, 0.25) is 0 Å². The minimum absolute atomic E-state index is 0.154. The highest BCUT2D eigenvalue weighted by Gasteiger charge is 2.34. The molecule has 37 heavy (non-hydrogen) atoms. The van der Waals surface area contributed by atoms with E-state index in [2.05, 4.69) is 0 Å². The van der Waals surface area contributed by atoms with Crippen LogP contribution in [-0.4, -0.2) is 62.1 Å². The lowest BCUT2D eigenvalue weighted by Gasteiger charge is -2.16. The zero-order valence-corrected chi connectivity index (χ0v) is 23.4. The Morgan fingerprint density at radius 3 is 1.46 bits per heavy atom. The molecule has 198 valence electrons. The van der Waals surface area contributed by atoms with E-state index in [0.29, 0.717) is 23.0 Å². The summed E-state index contributed by atoms with van der Waals surface area (Å²) in [5.74, 6) is -2.04. The lowest BCUT2D eigenvalue weighted by atomic mass is 10.3. The average molecular weight is 565 g/mol. The third-order valence-electron chi connectivity index (χ3n) is 5.64. The van der Waals surface area contributed by atoms with Gasteiger partial charge in [0.05, 0.1) is 13.2 Å². The summed E-state index contributed by atoms with van der Waals surface area (Å²) in [5.41, 5.74) is 0. The molecule has 0 saturated carbocycles. The Morgan fingerprint density at radius 1 is 0.703 bits per heavy atom. The molecule has 0 unspecified atom stereocenters. The molecule has 0 amide bonds. The lowest BCUT2D eigenvalue weighted by Crippen LogP contribution is -2.25. The van der Waals surface area contributed by atoms with Crippen LogP contribution in [0.25, 0.3) is 19.5 Å². The highest BCUT2D eigenvalue weighted by Crippen LogP contribution is 2.40. The molecule has 5 rings (SSSR count). The van der Waals surface area contributed by atoms with Crippen molar-refractivity contribution in [1.82, 2.24) is 0 Å². The van der Waals surface area contributed by atoms with Gasteiger partial charge in [-0.2, -0.15) is 0 Å². The van der Waals surface area contributed by atoms with Crippen molar-refractivity contribution in [3.8, 4) is 19.5 Å². The normalized spacial score (nSPS) is 22.3. The molecule has 0 radical (unpaired) electrons.